The molecule has 1 aliphatic rings. The molecule has 1 N–H and O–H groups in total. The molecular formula is C22H22O5. The highest BCUT2D eigenvalue weighted by Gasteiger charge is 2.28. The molecule has 0 spiro atoms. The van der Waals surface area contributed by atoms with E-state index in [9.17, 15) is 9.90 Å². The number of ketones is 1. The summed E-state index contributed by atoms with van der Waals surface area (Å²) in [7, 11) is 3.05. The molecule has 0 radical (unpaired) electrons. The zero-order valence-corrected chi connectivity index (χ0v) is 15.8. The van der Waals surface area contributed by atoms with Crippen LogP contribution in [0.15, 0.2) is 42.5 Å². The Morgan fingerprint density at radius 3 is 2.48 bits per heavy atom. The van der Waals surface area contributed by atoms with E-state index in [1.54, 1.807) is 25.3 Å². The van der Waals surface area contributed by atoms with Crippen molar-refractivity contribution in [2.75, 3.05) is 14.2 Å². The second-order valence-corrected chi connectivity index (χ2v) is 6.72. The zero-order valence-electron chi connectivity index (χ0n) is 15.8. The van der Waals surface area contributed by atoms with Gasteiger partial charge in [-0.25, -0.2) is 0 Å². The molecule has 0 aliphatic carbocycles. The van der Waals surface area contributed by atoms with Gasteiger partial charge in [-0.05, 0) is 49.8 Å². The standard InChI is InChI=1S/C22H22O5/c1-22(2)12-11-16-18(27-22)13-19(26-4)20(21(16)24)17(23)10-7-14-5-8-15(25-3)9-6-14/h5-13,24H,1-4H3/b10-7+. The zero-order chi connectivity index (χ0) is 19.6. The Morgan fingerprint density at radius 1 is 1.15 bits per heavy atom. The Balaban J connectivity index is 1.95. The fourth-order valence-electron chi connectivity index (χ4n) is 2.85. The van der Waals surface area contributed by atoms with Gasteiger partial charge in [-0.15, -0.1) is 0 Å². The molecule has 0 aromatic heterocycles. The van der Waals surface area contributed by atoms with Gasteiger partial charge in [0.2, 0.25) is 0 Å². The van der Waals surface area contributed by atoms with Crippen LogP contribution in [0.2, 0.25) is 0 Å². The van der Waals surface area contributed by atoms with Gasteiger partial charge in [-0.1, -0.05) is 18.2 Å². The van der Waals surface area contributed by atoms with Crippen LogP contribution in [-0.2, 0) is 0 Å². The molecule has 0 saturated heterocycles. The summed E-state index contributed by atoms with van der Waals surface area (Å²) < 4.78 is 16.3. The van der Waals surface area contributed by atoms with E-state index in [4.69, 9.17) is 14.2 Å². The van der Waals surface area contributed by atoms with Gasteiger partial charge in [0.25, 0.3) is 0 Å². The van der Waals surface area contributed by atoms with Gasteiger partial charge in [0.1, 0.15) is 34.2 Å². The lowest BCUT2D eigenvalue weighted by molar-refractivity contribution is 0.104. The maximum absolute atomic E-state index is 12.7. The van der Waals surface area contributed by atoms with E-state index in [1.165, 1.54) is 13.2 Å². The first kappa shape index (κ1) is 18.6. The van der Waals surface area contributed by atoms with Crippen molar-refractivity contribution < 1.29 is 24.1 Å². The van der Waals surface area contributed by atoms with E-state index in [1.807, 2.05) is 44.2 Å². The van der Waals surface area contributed by atoms with Gasteiger partial charge in [-0.2, -0.15) is 0 Å². The third kappa shape index (κ3) is 3.82. The summed E-state index contributed by atoms with van der Waals surface area (Å²) in [4.78, 5) is 12.7. The molecule has 0 amide bonds. The number of fused-ring (bicyclic) bond motifs is 1. The van der Waals surface area contributed by atoms with Crippen LogP contribution in [0.4, 0.5) is 0 Å². The average molecular weight is 366 g/mol. The van der Waals surface area contributed by atoms with Crippen LogP contribution in [0.1, 0.15) is 35.3 Å². The number of allylic oxidation sites excluding steroid dienone is 1. The molecule has 0 unspecified atom stereocenters. The van der Waals surface area contributed by atoms with E-state index in [-0.39, 0.29) is 22.8 Å². The van der Waals surface area contributed by atoms with Crippen molar-refractivity contribution in [2.24, 2.45) is 0 Å². The Morgan fingerprint density at radius 2 is 1.85 bits per heavy atom. The third-order valence-corrected chi connectivity index (χ3v) is 4.30. The van der Waals surface area contributed by atoms with Crippen LogP contribution in [0, 0.1) is 0 Å². The fraction of sp³-hybridized carbons (Fsp3) is 0.227. The van der Waals surface area contributed by atoms with Crippen molar-refractivity contribution >= 4 is 17.9 Å². The summed E-state index contributed by atoms with van der Waals surface area (Å²) in [6.07, 6.45) is 6.68. The van der Waals surface area contributed by atoms with Crippen LogP contribution in [0.5, 0.6) is 23.0 Å². The highest BCUT2D eigenvalue weighted by molar-refractivity contribution is 6.11. The first-order chi connectivity index (χ1) is 12.8. The highest BCUT2D eigenvalue weighted by atomic mass is 16.5. The number of carbonyl (C=O) groups is 1. The minimum absolute atomic E-state index is 0.106. The van der Waals surface area contributed by atoms with Crippen molar-refractivity contribution in [1.82, 2.24) is 0 Å². The quantitative estimate of drug-likeness (QED) is 0.624. The number of aromatic hydroxyl groups is 1. The number of carbonyl (C=O) groups excluding carboxylic acids is 1. The van der Waals surface area contributed by atoms with Gasteiger partial charge in [0.15, 0.2) is 5.78 Å². The fourth-order valence-corrected chi connectivity index (χ4v) is 2.85. The first-order valence-electron chi connectivity index (χ1n) is 8.53. The maximum Gasteiger partial charge on any atom is 0.193 e. The molecule has 2 aromatic rings. The van der Waals surface area contributed by atoms with Crippen molar-refractivity contribution in [3.05, 3.63) is 59.2 Å². The summed E-state index contributed by atoms with van der Waals surface area (Å²) in [6.45, 7) is 3.82. The summed E-state index contributed by atoms with van der Waals surface area (Å²) in [5.41, 5.74) is 0.917. The number of ether oxygens (including phenoxy) is 3. The Hall–Kier alpha value is -3.21. The number of phenolic OH excluding ortho intramolecular Hbond substituents is 1. The number of hydrogen-bond acceptors (Lipinski definition) is 5. The third-order valence-electron chi connectivity index (χ3n) is 4.30. The van der Waals surface area contributed by atoms with E-state index in [2.05, 4.69) is 0 Å². The van der Waals surface area contributed by atoms with Crippen LogP contribution in [0.3, 0.4) is 0 Å². The predicted octanol–water partition coefficient (Wildman–Crippen LogP) is 4.49. The Bertz CT molecular complexity index is 921. The lowest BCUT2D eigenvalue weighted by Crippen LogP contribution is -2.27. The average Bonchev–Trinajstić information content (AvgIpc) is 2.65. The monoisotopic (exact) mass is 366 g/mol. The Labute approximate surface area is 158 Å². The number of rotatable bonds is 5. The van der Waals surface area contributed by atoms with Crippen LogP contribution < -0.4 is 14.2 Å². The molecule has 0 bridgehead atoms. The molecule has 140 valence electrons. The SMILES string of the molecule is COc1ccc(/C=C/C(=O)c2c(OC)cc3c(c2O)C=CC(C)(C)O3)cc1. The number of benzene rings is 2. The summed E-state index contributed by atoms with van der Waals surface area (Å²) in [5, 5.41) is 10.7. The minimum Gasteiger partial charge on any atom is -0.506 e. The summed E-state index contributed by atoms with van der Waals surface area (Å²) in [5.74, 6) is 0.970. The Kier molecular flexibility index (Phi) is 4.95. The highest BCUT2D eigenvalue weighted by Crippen LogP contribution is 2.43. The summed E-state index contributed by atoms with van der Waals surface area (Å²) >= 11 is 0. The molecule has 0 atom stereocenters. The number of methoxy groups -OCH3 is 2. The molecule has 1 aliphatic heterocycles. The molecular weight excluding hydrogens is 344 g/mol. The largest absolute Gasteiger partial charge is 0.506 e. The lowest BCUT2D eigenvalue weighted by atomic mass is 9.97. The van der Waals surface area contributed by atoms with Gasteiger partial charge in [-0.3, -0.25) is 4.79 Å². The number of hydrogen-bond donors (Lipinski definition) is 1. The molecule has 2 aromatic carbocycles. The van der Waals surface area contributed by atoms with Crippen LogP contribution in [0.25, 0.3) is 12.2 Å². The van der Waals surface area contributed by atoms with Crippen molar-refractivity contribution in [1.29, 1.82) is 0 Å². The lowest BCUT2D eigenvalue weighted by Gasteiger charge is -2.29. The van der Waals surface area contributed by atoms with Gasteiger partial charge in [0.05, 0.1) is 19.8 Å². The van der Waals surface area contributed by atoms with Crippen molar-refractivity contribution in [2.45, 2.75) is 19.4 Å². The van der Waals surface area contributed by atoms with Crippen LogP contribution in [-0.4, -0.2) is 30.7 Å². The van der Waals surface area contributed by atoms with E-state index >= 15 is 0 Å². The van der Waals surface area contributed by atoms with Crippen molar-refractivity contribution in [3.8, 4) is 23.0 Å². The van der Waals surface area contributed by atoms with Gasteiger partial charge < -0.3 is 19.3 Å². The molecule has 1 heterocycles. The second-order valence-electron chi connectivity index (χ2n) is 6.72. The topological polar surface area (TPSA) is 65.0 Å². The molecule has 5 heteroatoms. The van der Waals surface area contributed by atoms with E-state index in [0.717, 1.165) is 11.3 Å². The molecule has 5 nitrogen and oxygen atoms in total. The smallest absolute Gasteiger partial charge is 0.193 e. The second kappa shape index (κ2) is 7.19. The molecule has 0 saturated carbocycles. The van der Waals surface area contributed by atoms with E-state index in [0.29, 0.717) is 11.3 Å². The maximum atomic E-state index is 12.7. The molecule has 3 rings (SSSR count). The van der Waals surface area contributed by atoms with Crippen molar-refractivity contribution in [3.63, 3.8) is 0 Å². The van der Waals surface area contributed by atoms with Gasteiger partial charge >= 0.3 is 0 Å². The molecule has 0 fully saturated rings. The number of phenols is 1. The van der Waals surface area contributed by atoms with Crippen LogP contribution >= 0.6 is 0 Å². The predicted molar refractivity (Wildman–Crippen MR) is 105 cm³/mol. The normalized spacial score (nSPS) is 14.5. The van der Waals surface area contributed by atoms with Gasteiger partial charge in [0, 0.05) is 6.07 Å². The first-order valence-corrected chi connectivity index (χ1v) is 8.53. The summed E-state index contributed by atoms with van der Waals surface area (Å²) in [6, 6.07) is 8.93. The molecule has 27 heavy (non-hydrogen) atoms. The van der Waals surface area contributed by atoms with E-state index < -0.39 is 5.60 Å². The minimum atomic E-state index is -0.496.